The number of aldehydes is 1. The van der Waals surface area contributed by atoms with Crippen molar-refractivity contribution in [1.82, 2.24) is 0 Å². The lowest BCUT2D eigenvalue weighted by atomic mass is 10.1. The molecule has 0 heterocycles. The first-order valence-corrected chi connectivity index (χ1v) is 4.99. The van der Waals surface area contributed by atoms with Gasteiger partial charge in [0, 0.05) is 11.6 Å². The van der Waals surface area contributed by atoms with Gasteiger partial charge in [0.25, 0.3) is 5.69 Å². The van der Waals surface area contributed by atoms with Crippen molar-refractivity contribution >= 4 is 39.5 Å². The van der Waals surface area contributed by atoms with E-state index in [2.05, 4.69) is 15.9 Å². The zero-order valence-electron chi connectivity index (χ0n) is 7.12. The molecule has 0 amide bonds. The molecule has 0 radical (unpaired) electrons. The van der Waals surface area contributed by atoms with Crippen molar-refractivity contribution in [2.24, 2.45) is 0 Å². The molecule has 1 rings (SSSR count). The number of rotatable bonds is 3. The van der Waals surface area contributed by atoms with Gasteiger partial charge in [-0.3, -0.25) is 10.1 Å². The van der Waals surface area contributed by atoms with Gasteiger partial charge in [-0.05, 0) is 6.07 Å². The number of carbonyl (C=O) groups excluding carboxylic acids is 1. The van der Waals surface area contributed by atoms with Crippen LogP contribution in [0.2, 0.25) is 5.02 Å². The van der Waals surface area contributed by atoms with E-state index in [0.717, 1.165) is 12.1 Å². The van der Waals surface area contributed by atoms with Crippen molar-refractivity contribution in [3.63, 3.8) is 0 Å². The Bertz CT molecular complexity index is 427. The fourth-order valence-corrected chi connectivity index (χ4v) is 1.55. The number of hydrogen-bond donors (Lipinski definition) is 0. The molecule has 1 aromatic rings. The summed E-state index contributed by atoms with van der Waals surface area (Å²) in [5.41, 5.74) is -0.541. The maximum absolute atomic E-state index is 13.2. The molecular formula is C8H4BrClFNO3. The van der Waals surface area contributed by atoms with Crippen molar-refractivity contribution in [1.29, 1.82) is 0 Å². The normalized spacial score (nSPS) is 12.2. The minimum absolute atomic E-state index is 0.110. The van der Waals surface area contributed by atoms with Gasteiger partial charge in [-0.25, -0.2) is 4.39 Å². The van der Waals surface area contributed by atoms with E-state index in [9.17, 15) is 19.3 Å². The second-order valence-corrected chi connectivity index (χ2v) is 4.01. The van der Waals surface area contributed by atoms with Crippen LogP contribution in [0.4, 0.5) is 10.1 Å². The molecular weight excluding hydrogens is 292 g/mol. The highest BCUT2D eigenvalue weighted by Crippen LogP contribution is 2.32. The maximum atomic E-state index is 13.2. The molecule has 1 aromatic carbocycles. The third kappa shape index (κ3) is 2.51. The minimum atomic E-state index is -0.923. The summed E-state index contributed by atoms with van der Waals surface area (Å²) in [6.07, 6.45) is 0.427. The number of nitro benzene ring substituents is 1. The van der Waals surface area contributed by atoms with Crippen LogP contribution in [0, 0.1) is 15.9 Å². The number of nitrogens with zero attached hydrogens (tertiary/aromatic N) is 1. The Morgan fingerprint density at radius 2 is 2.20 bits per heavy atom. The molecule has 0 spiro atoms. The number of hydrogen-bond acceptors (Lipinski definition) is 3. The number of halogens is 3. The van der Waals surface area contributed by atoms with Gasteiger partial charge >= 0.3 is 0 Å². The highest BCUT2D eigenvalue weighted by molar-refractivity contribution is 9.09. The van der Waals surface area contributed by atoms with Gasteiger partial charge in [0.15, 0.2) is 0 Å². The Morgan fingerprint density at radius 1 is 1.60 bits per heavy atom. The average molecular weight is 296 g/mol. The number of nitro groups is 1. The molecule has 80 valence electrons. The molecule has 1 atom stereocenters. The van der Waals surface area contributed by atoms with Crippen LogP contribution in [-0.4, -0.2) is 11.2 Å². The highest BCUT2D eigenvalue weighted by atomic mass is 79.9. The first-order chi connectivity index (χ1) is 6.97. The Balaban J connectivity index is 3.35. The summed E-state index contributed by atoms with van der Waals surface area (Å²) in [6.45, 7) is 0. The standard InChI is InChI=1S/C8H4BrClFNO3/c9-5(3-13)4-1-8(12(14)15)6(10)2-7(4)11/h1-3,5H. The summed E-state index contributed by atoms with van der Waals surface area (Å²) in [7, 11) is 0. The van der Waals surface area contributed by atoms with E-state index in [-0.39, 0.29) is 10.6 Å². The van der Waals surface area contributed by atoms with Crippen molar-refractivity contribution in [2.45, 2.75) is 4.83 Å². The predicted molar refractivity (Wildman–Crippen MR) is 55.8 cm³/mol. The molecule has 0 N–H and O–H groups in total. The first-order valence-electron chi connectivity index (χ1n) is 3.70. The van der Waals surface area contributed by atoms with E-state index >= 15 is 0 Å². The van der Waals surface area contributed by atoms with Gasteiger partial charge in [0.1, 0.15) is 17.1 Å². The topological polar surface area (TPSA) is 60.2 Å². The summed E-state index contributed by atoms with van der Waals surface area (Å²) >= 11 is 8.33. The summed E-state index contributed by atoms with van der Waals surface area (Å²) in [4.78, 5) is 19.2. The third-order valence-electron chi connectivity index (χ3n) is 1.68. The number of benzene rings is 1. The van der Waals surface area contributed by atoms with Crippen LogP contribution >= 0.6 is 27.5 Å². The molecule has 7 heteroatoms. The van der Waals surface area contributed by atoms with Gasteiger partial charge in [-0.2, -0.15) is 0 Å². The van der Waals surface area contributed by atoms with E-state index in [4.69, 9.17) is 11.6 Å². The second kappa shape index (κ2) is 4.67. The van der Waals surface area contributed by atoms with Crippen LogP contribution in [0.15, 0.2) is 12.1 Å². The van der Waals surface area contributed by atoms with E-state index in [1.165, 1.54) is 0 Å². The first kappa shape index (κ1) is 12.1. The minimum Gasteiger partial charge on any atom is -0.302 e. The van der Waals surface area contributed by atoms with E-state index < -0.39 is 21.3 Å². The van der Waals surface area contributed by atoms with Gasteiger partial charge < -0.3 is 4.79 Å². The molecule has 0 saturated carbocycles. The summed E-state index contributed by atoms with van der Waals surface area (Å²) < 4.78 is 13.2. The SMILES string of the molecule is O=CC(Br)c1cc([N+](=O)[O-])c(Cl)cc1F. The van der Waals surface area contributed by atoms with Crippen molar-refractivity contribution in [2.75, 3.05) is 0 Å². The Kier molecular flexibility index (Phi) is 3.76. The molecule has 0 aliphatic heterocycles. The van der Waals surface area contributed by atoms with Gasteiger partial charge in [0.2, 0.25) is 0 Å². The lowest BCUT2D eigenvalue weighted by Gasteiger charge is -2.05. The second-order valence-electron chi connectivity index (χ2n) is 2.62. The van der Waals surface area contributed by atoms with Crippen LogP contribution < -0.4 is 0 Å². The average Bonchev–Trinajstić information content (AvgIpc) is 2.16. The van der Waals surface area contributed by atoms with Crippen molar-refractivity contribution in [3.05, 3.63) is 38.7 Å². The van der Waals surface area contributed by atoms with Crippen molar-refractivity contribution in [3.8, 4) is 0 Å². The van der Waals surface area contributed by atoms with Crippen LogP contribution in [0.3, 0.4) is 0 Å². The highest BCUT2D eigenvalue weighted by Gasteiger charge is 2.20. The fraction of sp³-hybridized carbons (Fsp3) is 0.125. The molecule has 4 nitrogen and oxygen atoms in total. The predicted octanol–water partition coefficient (Wildman–Crippen LogP) is 3.02. The van der Waals surface area contributed by atoms with E-state index in [1.807, 2.05) is 0 Å². The van der Waals surface area contributed by atoms with E-state index in [1.54, 1.807) is 0 Å². The quantitative estimate of drug-likeness (QED) is 0.373. The monoisotopic (exact) mass is 295 g/mol. The van der Waals surface area contributed by atoms with Crippen molar-refractivity contribution < 1.29 is 14.1 Å². The zero-order valence-corrected chi connectivity index (χ0v) is 9.46. The fourth-order valence-electron chi connectivity index (χ4n) is 0.978. The Hall–Kier alpha value is -1.01. The maximum Gasteiger partial charge on any atom is 0.288 e. The lowest BCUT2D eigenvalue weighted by Crippen LogP contribution is -1.99. The summed E-state index contributed by atoms with van der Waals surface area (Å²) in [6, 6.07) is 1.75. The Morgan fingerprint density at radius 3 is 2.67 bits per heavy atom. The zero-order chi connectivity index (χ0) is 11.6. The smallest absolute Gasteiger partial charge is 0.288 e. The largest absolute Gasteiger partial charge is 0.302 e. The molecule has 0 saturated heterocycles. The van der Waals surface area contributed by atoms with Crippen LogP contribution in [0.5, 0.6) is 0 Å². The van der Waals surface area contributed by atoms with Crippen LogP contribution in [0.1, 0.15) is 10.4 Å². The summed E-state index contributed by atoms with van der Waals surface area (Å²) in [5, 5.41) is 10.2. The molecule has 0 aliphatic carbocycles. The Labute approximate surface area is 97.3 Å². The van der Waals surface area contributed by atoms with Gasteiger partial charge in [0.05, 0.1) is 9.75 Å². The summed E-state index contributed by atoms with van der Waals surface area (Å²) in [5.74, 6) is -0.764. The third-order valence-corrected chi connectivity index (χ3v) is 2.69. The molecule has 0 bridgehead atoms. The molecule has 0 aromatic heterocycles. The van der Waals surface area contributed by atoms with Gasteiger partial charge in [-0.15, -0.1) is 0 Å². The van der Waals surface area contributed by atoms with Crippen LogP contribution in [-0.2, 0) is 4.79 Å². The van der Waals surface area contributed by atoms with Crippen LogP contribution in [0.25, 0.3) is 0 Å². The lowest BCUT2D eigenvalue weighted by molar-refractivity contribution is -0.384. The molecule has 0 aliphatic rings. The molecule has 0 fully saturated rings. The molecule has 1 unspecified atom stereocenters. The van der Waals surface area contributed by atoms with Gasteiger partial charge in [-0.1, -0.05) is 27.5 Å². The number of alkyl halides is 1. The van der Waals surface area contributed by atoms with E-state index in [0.29, 0.717) is 6.29 Å². The molecule has 15 heavy (non-hydrogen) atoms. The number of carbonyl (C=O) groups is 1.